The first kappa shape index (κ1) is 21.6. The Hall–Kier alpha value is -2.58. The fraction of sp³-hybridized carbons (Fsp3) is 0.136. The van der Waals surface area contributed by atoms with Gasteiger partial charge in [0, 0.05) is 40.5 Å². The first-order valence-corrected chi connectivity index (χ1v) is 11.2. The van der Waals surface area contributed by atoms with Crippen molar-refractivity contribution >= 4 is 35.0 Å². The second kappa shape index (κ2) is 10.2. The molecule has 0 saturated carbocycles. The average molecular weight is 473 g/mol. The van der Waals surface area contributed by atoms with E-state index >= 15 is 0 Å². The molecule has 0 spiro atoms. The second-order valence-corrected chi connectivity index (χ2v) is 8.40. The van der Waals surface area contributed by atoms with Crippen molar-refractivity contribution in [2.24, 2.45) is 0 Å². The lowest BCUT2D eigenvalue weighted by Gasteiger charge is -2.14. The highest BCUT2D eigenvalue weighted by Gasteiger charge is 2.18. The molecule has 2 aromatic heterocycles. The van der Waals surface area contributed by atoms with E-state index in [2.05, 4.69) is 15.2 Å². The van der Waals surface area contributed by atoms with Gasteiger partial charge in [-0.15, -0.1) is 10.2 Å². The maximum absolute atomic E-state index is 10.4. The third-order valence-electron chi connectivity index (χ3n) is 4.30. The smallest absolute Gasteiger partial charge is 0.196 e. The van der Waals surface area contributed by atoms with Crippen molar-refractivity contribution in [3.05, 3.63) is 83.1 Å². The van der Waals surface area contributed by atoms with Crippen molar-refractivity contribution < 1.29 is 9.84 Å². The van der Waals surface area contributed by atoms with Crippen LogP contribution >= 0.6 is 35.0 Å². The zero-order valence-corrected chi connectivity index (χ0v) is 18.6. The van der Waals surface area contributed by atoms with Gasteiger partial charge in [0.15, 0.2) is 11.0 Å². The van der Waals surface area contributed by atoms with E-state index in [1.807, 2.05) is 47.0 Å². The van der Waals surface area contributed by atoms with Gasteiger partial charge >= 0.3 is 0 Å². The third-order valence-corrected chi connectivity index (χ3v) is 5.92. The zero-order valence-electron chi connectivity index (χ0n) is 16.2. The zero-order chi connectivity index (χ0) is 21.6. The Kier molecular flexibility index (Phi) is 7.09. The Morgan fingerprint density at radius 3 is 2.65 bits per heavy atom. The fourth-order valence-corrected chi connectivity index (χ4v) is 4.04. The van der Waals surface area contributed by atoms with Crippen molar-refractivity contribution in [3.63, 3.8) is 0 Å². The number of rotatable bonds is 8. The standard InChI is InChI=1S/C22H18Cl2N4O2S/c23-16-8-9-19(24)20(11-16)30-13-18(29)14-31-22-27-26-21(15-5-4-10-25-12-15)28(22)17-6-2-1-3-7-17/h1-12,18,29H,13-14H2. The summed E-state index contributed by atoms with van der Waals surface area (Å²) in [5.74, 6) is 1.47. The number of aromatic nitrogens is 4. The Bertz CT molecular complexity index is 1140. The minimum atomic E-state index is -0.747. The molecule has 0 aliphatic heterocycles. The van der Waals surface area contributed by atoms with E-state index in [0.29, 0.717) is 32.5 Å². The lowest BCUT2D eigenvalue weighted by atomic mass is 10.2. The van der Waals surface area contributed by atoms with Crippen molar-refractivity contribution in [3.8, 4) is 22.8 Å². The Morgan fingerprint density at radius 1 is 1.03 bits per heavy atom. The quantitative estimate of drug-likeness (QED) is 0.356. The number of aliphatic hydroxyl groups excluding tert-OH is 1. The molecule has 1 atom stereocenters. The summed E-state index contributed by atoms with van der Waals surface area (Å²) in [6.45, 7) is 0.0714. The lowest BCUT2D eigenvalue weighted by Crippen LogP contribution is -2.20. The van der Waals surface area contributed by atoms with Gasteiger partial charge in [-0.25, -0.2) is 0 Å². The molecule has 0 radical (unpaired) electrons. The van der Waals surface area contributed by atoms with E-state index in [-0.39, 0.29) is 6.61 Å². The number of halogens is 2. The molecule has 0 aliphatic carbocycles. The van der Waals surface area contributed by atoms with Crippen LogP contribution in [-0.2, 0) is 0 Å². The molecule has 0 aliphatic rings. The van der Waals surface area contributed by atoms with Crippen molar-refractivity contribution in [2.45, 2.75) is 11.3 Å². The number of pyridine rings is 1. The highest BCUT2D eigenvalue weighted by atomic mass is 35.5. The Morgan fingerprint density at radius 2 is 1.87 bits per heavy atom. The van der Waals surface area contributed by atoms with Gasteiger partial charge in [0.1, 0.15) is 12.4 Å². The molecule has 2 heterocycles. The molecule has 31 heavy (non-hydrogen) atoms. The molecule has 4 aromatic rings. The van der Waals surface area contributed by atoms with E-state index in [1.165, 1.54) is 11.8 Å². The molecule has 4 rings (SSSR count). The van der Waals surface area contributed by atoms with Crippen molar-refractivity contribution in [1.82, 2.24) is 19.7 Å². The van der Waals surface area contributed by atoms with E-state index in [4.69, 9.17) is 27.9 Å². The molecular weight excluding hydrogens is 455 g/mol. The molecule has 0 fully saturated rings. The van der Waals surface area contributed by atoms with Gasteiger partial charge in [-0.3, -0.25) is 9.55 Å². The Labute approximate surface area is 193 Å². The number of ether oxygens (including phenoxy) is 1. The highest BCUT2D eigenvalue weighted by Crippen LogP contribution is 2.29. The molecular formula is C22H18Cl2N4O2S. The highest BCUT2D eigenvalue weighted by molar-refractivity contribution is 7.99. The Balaban J connectivity index is 1.49. The van der Waals surface area contributed by atoms with Crippen LogP contribution in [0.5, 0.6) is 5.75 Å². The number of nitrogens with zero attached hydrogens (tertiary/aromatic N) is 4. The first-order chi connectivity index (χ1) is 15.1. The molecule has 0 saturated heterocycles. The second-order valence-electron chi connectivity index (χ2n) is 6.57. The van der Waals surface area contributed by atoms with Gasteiger partial charge in [0.25, 0.3) is 0 Å². The van der Waals surface area contributed by atoms with Crippen LogP contribution in [0, 0.1) is 0 Å². The maximum atomic E-state index is 10.4. The number of hydrogen-bond acceptors (Lipinski definition) is 6. The predicted octanol–water partition coefficient (Wildman–Crippen LogP) is 5.17. The van der Waals surface area contributed by atoms with Crippen LogP contribution in [0.1, 0.15) is 0 Å². The summed E-state index contributed by atoms with van der Waals surface area (Å²) in [4.78, 5) is 4.18. The summed E-state index contributed by atoms with van der Waals surface area (Å²) in [5, 5.41) is 20.7. The summed E-state index contributed by atoms with van der Waals surface area (Å²) >= 11 is 13.5. The third kappa shape index (κ3) is 5.37. The van der Waals surface area contributed by atoms with Gasteiger partial charge in [-0.1, -0.05) is 53.2 Å². The number of benzene rings is 2. The lowest BCUT2D eigenvalue weighted by molar-refractivity contribution is 0.126. The number of thioether (sulfide) groups is 1. The van der Waals surface area contributed by atoms with Gasteiger partial charge in [-0.2, -0.15) is 0 Å². The predicted molar refractivity (Wildman–Crippen MR) is 123 cm³/mol. The summed E-state index contributed by atoms with van der Waals surface area (Å²) in [6, 6.07) is 18.6. The summed E-state index contributed by atoms with van der Waals surface area (Å²) in [5.41, 5.74) is 1.77. The van der Waals surface area contributed by atoms with E-state index in [0.717, 1.165) is 11.3 Å². The molecule has 6 nitrogen and oxygen atoms in total. The minimum absolute atomic E-state index is 0.0714. The van der Waals surface area contributed by atoms with Crippen LogP contribution in [0.4, 0.5) is 0 Å². The SMILES string of the molecule is OC(COc1cc(Cl)ccc1Cl)CSc1nnc(-c2cccnc2)n1-c1ccccc1. The molecule has 0 amide bonds. The van der Waals surface area contributed by atoms with Crippen LogP contribution in [0.3, 0.4) is 0 Å². The minimum Gasteiger partial charge on any atom is -0.489 e. The molecule has 2 aromatic carbocycles. The van der Waals surface area contributed by atoms with Gasteiger partial charge in [0.05, 0.1) is 11.1 Å². The monoisotopic (exact) mass is 472 g/mol. The molecule has 9 heteroatoms. The number of hydrogen-bond donors (Lipinski definition) is 1. The van der Waals surface area contributed by atoms with E-state index < -0.39 is 6.10 Å². The number of para-hydroxylation sites is 1. The molecule has 1 N–H and O–H groups in total. The topological polar surface area (TPSA) is 73.1 Å². The van der Waals surface area contributed by atoms with Crippen molar-refractivity contribution in [2.75, 3.05) is 12.4 Å². The maximum Gasteiger partial charge on any atom is 0.196 e. The van der Waals surface area contributed by atoms with Gasteiger partial charge in [0.2, 0.25) is 0 Å². The molecule has 0 bridgehead atoms. The average Bonchev–Trinajstić information content (AvgIpc) is 3.23. The van der Waals surface area contributed by atoms with E-state index in [1.54, 1.807) is 30.6 Å². The van der Waals surface area contributed by atoms with Crippen LogP contribution in [0.25, 0.3) is 17.1 Å². The number of aliphatic hydroxyl groups is 1. The van der Waals surface area contributed by atoms with E-state index in [9.17, 15) is 5.11 Å². The van der Waals surface area contributed by atoms with Gasteiger partial charge < -0.3 is 9.84 Å². The molecule has 1 unspecified atom stereocenters. The van der Waals surface area contributed by atoms with Crippen LogP contribution in [0.2, 0.25) is 10.0 Å². The summed E-state index contributed by atoms with van der Waals surface area (Å²) < 4.78 is 7.57. The first-order valence-electron chi connectivity index (χ1n) is 9.42. The van der Waals surface area contributed by atoms with Gasteiger partial charge in [-0.05, 0) is 36.4 Å². The van der Waals surface area contributed by atoms with Crippen LogP contribution in [0.15, 0.2) is 78.2 Å². The summed E-state index contributed by atoms with van der Waals surface area (Å²) in [6.07, 6.45) is 2.71. The normalized spacial score (nSPS) is 12.0. The van der Waals surface area contributed by atoms with Crippen LogP contribution < -0.4 is 4.74 Å². The molecule has 158 valence electrons. The van der Waals surface area contributed by atoms with Crippen LogP contribution in [-0.4, -0.2) is 43.3 Å². The summed E-state index contributed by atoms with van der Waals surface area (Å²) in [7, 11) is 0. The van der Waals surface area contributed by atoms with Crippen molar-refractivity contribution in [1.29, 1.82) is 0 Å². The fourth-order valence-electron chi connectivity index (χ4n) is 2.85. The largest absolute Gasteiger partial charge is 0.489 e.